The summed E-state index contributed by atoms with van der Waals surface area (Å²) < 4.78 is 31.8. The Hall–Kier alpha value is -2.83. The summed E-state index contributed by atoms with van der Waals surface area (Å²) in [6.45, 7) is 4.04. The van der Waals surface area contributed by atoms with E-state index in [1.807, 2.05) is 6.92 Å². The fourth-order valence-corrected chi connectivity index (χ4v) is 6.34. The van der Waals surface area contributed by atoms with E-state index in [4.69, 9.17) is 0 Å². The molecule has 0 aliphatic carbocycles. The lowest BCUT2D eigenvalue weighted by atomic mass is 10.1. The number of methoxy groups -OCH3 is 1. The number of hydrogen-bond donors (Lipinski definition) is 0. The third-order valence-electron chi connectivity index (χ3n) is 4.94. The first-order chi connectivity index (χ1) is 14.5. The van der Waals surface area contributed by atoms with Gasteiger partial charge < -0.3 is 9.64 Å². The Morgan fingerprint density at radius 2 is 1.68 bits per heavy atom. The van der Waals surface area contributed by atoms with Gasteiger partial charge in [-0.1, -0.05) is 0 Å². The van der Waals surface area contributed by atoms with Crippen LogP contribution in [-0.2, 0) is 14.8 Å². The van der Waals surface area contributed by atoms with Crippen LogP contribution in [0.1, 0.15) is 30.5 Å². The van der Waals surface area contributed by atoms with Crippen molar-refractivity contribution in [2.75, 3.05) is 33.3 Å². The highest BCUT2D eigenvalue weighted by Gasteiger charge is 2.32. The number of piperazine rings is 1. The number of thiophene rings is 1. The molecule has 2 aromatic rings. The molecule has 1 aliphatic rings. The summed E-state index contributed by atoms with van der Waals surface area (Å²) in [7, 11) is -2.53. The zero-order valence-electron chi connectivity index (χ0n) is 17.2. The van der Waals surface area contributed by atoms with Gasteiger partial charge >= 0.3 is 5.97 Å². The molecule has 1 fully saturated rings. The zero-order valence-corrected chi connectivity index (χ0v) is 18.8. The molecule has 0 saturated carbocycles. The van der Waals surface area contributed by atoms with Crippen molar-refractivity contribution in [3.05, 3.63) is 55.3 Å². The highest BCUT2D eigenvalue weighted by atomic mass is 32.2. The van der Waals surface area contributed by atoms with E-state index in [9.17, 15) is 28.1 Å². The lowest BCUT2D eigenvalue weighted by Crippen LogP contribution is -2.50. The Kier molecular flexibility index (Phi) is 6.43. The van der Waals surface area contributed by atoms with E-state index in [0.717, 1.165) is 24.1 Å². The maximum absolute atomic E-state index is 12.9. The first kappa shape index (κ1) is 22.8. The summed E-state index contributed by atoms with van der Waals surface area (Å²) >= 11 is 1.41. The molecule has 1 aromatic carbocycles. The van der Waals surface area contributed by atoms with Crippen LogP contribution in [-0.4, -0.2) is 67.7 Å². The summed E-state index contributed by atoms with van der Waals surface area (Å²) in [6.07, 6.45) is 0. The zero-order chi connectivity index (χ0) is 22.9. The van der Waals surface area contributed by atoms with Gasteiger partial charge in [-0.3, -0.25) is 14.9 Å². The molecule has 1 aliphatic heterocycles. The quantitative estimate of drug-likeness (QED) is 0.375. The molecule has 0 radical (unpaired) electrons. The van der Waals surface area contributed by atoms with Gasteiger partial charge in [-0.2, -0.15) is 4.31 Å². The van der Waals surface area contributed by atoms with Gasteiger partial charge in [0, 0.05) is 53.6 Å². The van der Waals surface area contributed by atoms with Crippen LogP contribution in [0.25, 0.3) is 0 Å². The SMILES string of the molecule is COC(=O)c1cc(C(=O)N2CCN(S(=O)(=O)c3cc(C)sc3C)CC2)cc([N+](=O)[O-])c1. The van der Waals surface area contributed by atoms with Gasteiger partial charge in [0.2, 0.25) is 10.0 Å². The maximum atomic E-state index is 12.9. The van der Waals surface area contributed by atoms with Crippen molar-refractivity contribution in [3.63, 3.8) is 0 Å². The van der Waals surface area contributed by atoms with Gasteiger partial charge in [0.15, 0.2) is 0 Å². The predicted octanol–water partition coefficient (Wildman–Crippen LogP) is 2.21. The molecule has 0 atom stereocenters. The van der Waals surface area contributed by atoms with Gasteiger partial charge in [0.05, 0.1) is 22.5 Å². The summed E-state index contributed by atoms with van der Waals surface area (Å²) in [4.78, 5) is 38.5. The number of nitro benzene ring substituents is 1. The normalized spacial score (nSPS) is 15.0. The van der Waals surface area contributed by atoms with E-state index in [1.165, 1.54) is 26.6 Å². The fourth-order valence-electron chi connectivity index (χ4n) is 3.39. The molecule has 31 heavy (non-hydrogen) atoms. The number of nitrogens with zero attached hydrogens (tertiary/aromatic N) is 3. The Morgan fingerprint density at radius 3 is 2.19 bits per heavy atom. The Morgan fingerprint density at radius 1 is 1.06 bits per heavy atom. The number of esters is 1. The van der Waals surface area contributed by atoms with Crippen LogP contribution in [0.15, 0.2) is 29.2 Å². The van der Waals surface area contributed by atoms with Gasteiger partial charge in [-0.25, -0.2) is 13.2 Å². The molecular formula is C19H21N3O7S2. The second kappa shape index (κ2) is 8.73. The van der Waals surface area contributed by atoms with Crippen molar-refractivity contribution in [2.24, 2.45) is 0 Å². The van der Waals surface area contributed by atoms with Crippen LogP contribution in [0.5, 0.6) is 0 Å². The second-order valence-corrected chi connectivity index (χ2v) is 10.4. The van der Waals surface area contributed by atoms with Crippen molar-refractivity contribution >= 4 is 38.9 Å². The molecule has 1 amide bonds. The van der Waals surface area contributed by atoms with Crippen LogP contribution >= 0.6 is 11.3 Å². The Labute approximate surface area is 183 Å². The van der Waals surface area contributed by atoms with Crippen molar-refractivity contribution < 1.29 is 27.7 Å². The molecule has 166 valence electrons. The Balaban J connectivity index is 1.79. The predicted molar refractivity (Wildman–Crippen MR) is 113 cm³/mol. The number of ether oxygens (including phenoxy) is 1. The molecular weight excluding hydrogens is 446 g/mol. The molecule has 10 nitrogen and oxygen atoms in total. The number of non-ortho nitro benzene ring substituents is 1. The standard InChI is InChI=1S/C19H21N3O7S2/c1-12-8-17(13(2)30-12)31(27,28)21-6-4-20(5-7-21)18(23)14-9-15(19(24)29-3)11-16(10-14)22(25)26/h8-11H,4-7H2,1-3H3. The maximum Gasteiger partial charge on any atom is 0.338 e. The molecule has 0 unspecified atom stereocenters. The molecule has 2 heterocycles. The largest absolute Gasteiger partial charge is 0.465 e. The minimum absolute atomic E-state index is 0.0322. The monoisotopic (exact) mass is 467 g/mol. The number of hydrogen-bond acceptors (Lipinski definition) is 8. The van der Waals surface area contributed by atoms with Crippen molar-refractivity contribution in [3.8, 4) is 0 Å². The summed E-state index contributed by atoms with van der Waals surface area (Å²) in [6, 6.07) is 5.01. The molecule has 1 saturated heterocycles. The highest BCUT2D eigenvalue weighted by Crippen LogP contribution is 2.28. The molecule has 1 aromatic heterocycles. The van der Waals surface area contributed by atoms with Gasteiger partial charge in [0.1, 0.15) is 0 Å². The lowest BCUT2D eigenvalue weighted by molar-refractivity contribution is -0.384. The van der Waals surface area contributed by atoms with E-state index in [2.05, 4.69) is 4.74 Å². The van der Waals surface area contributed by atoms with Gasteiger partial charge in [0.25, 0.3) is 11.6 Å². The molecule has 12 heteroatoms. The number of carbonyl (C=O) groups is 2. The van der Waals surface area contributed by atoms with Crippen molar-refractivity contribution in [2.45, 2.75) is 18.7 Å². The summed E-state index contributed by atoms with van der Waals surface area (Å²) in [5.41, 5.74) is -0.546. The average molecular weight is 468 g/mol. The number of carbonyl (C=O) groups excluding carboxylic acids is 2. The second-order valence-electron chi connectivity index (χ2n) is 6.99. The smallest absolute Gasteiger partial charge is 0.338 e. The number of sulfonamides is 1. The topological polar surface area (TPSA) is 127 Å². The minimum atomic E-state index is -3.67. The first-order valence-corrected chi connectivity index (χ1v) is 11.5. The van der Waals surface area contributed by atoms with Crippen LogP contribution in [0.4, 0.5) is 5.69 Å². The number of aryl methyl sites for hydroxylation is 2. The van der Waals surface area contributed by atoms with E-state index in [0.29, 0.717) is 4.88 Å². The minimum Gasteiger partial charge on any atom is -0.465 e. The van der Waals surface area contributed by atoms with Crippen molar-refractivity contribution in [1.29, 1.82) is 0 Å². The first-order valence-electron chi connectivity index (χ1n) is 9.29. The third-order valence-corrected chi connectivity index (χ3v) is 8.06. The van der Waals surface area contributed by atoms with E-state index >= 15 is 0 Å². The van der Waals surface area contributed by atoms with Crippen LogP contribution in [0, 0.1) is 24.0 Å². The van der Waals surface area contributed by atoms with Crippen LogP contribution < -0.4 is 0 Å². The van der Waals surface area contributed by atoms with Crippen LogP contribution in [0.3, 0.4) is 0 Å². The molecule has 3 rings (SSSR count). The number of amides is 1. The van der Waals surface area contributed by atoms with E-state index < -0.39 is 32.5 Å². The highest BCUT2D eigenvalue weighted by molar-refractivity contribution is 7.89. The van der Waals surface area contributed by atoms with E-state index in [1.54, 1.807) is 13.0 Å². The number of nitro groups is 1. The van der Waals surface area contributed by atoms with Gasteiger partial charge in [-0.05, 0) is 26.0 Å². The van der Waals surface area contributed by atoms with Crippen molar-refractivity contribution in [1.82, 2.24) is 9.21 Å². The number of rotatable bonds is 5. The molecule has 0 N–H and O–H groups in total. The summed E-state index contributed by atoms with van der Waals surface area (Å²) in [5.74, 6) is -1.32. The van der Waals surface area contributed by atoms with Gasteiger partial charge in [-0.15, -0.1) is 11.3 Å². The molecule has 0 spiro atoms. The van der Waals surface area contributed by atoms with E-state index in [-0.39, 0.29) is 42.2 Å². The Bertz CT molecular complexity index is 1150. The lowest BCUT2D eigenvalue weighted by Gasteiger charge is -2.34. The fraction of sp³-hybridized carbons (Fsp3) is 0.368. The van der Waals surface area contributed by atoms with Crippen LogP contribution in [0.2, 0.25) is 0 Å². The summed E-state index contributed by atoms with van der Waals surface area (Å²) in [5, 5.41) is 11.2. The average Bonchev–Trinajstić information content (AvgIpc) is 3.11. The third kappa shape index (κ3) is 4.60. The molecule has 0 bridgehead atoms. The number of benzene rings is 1.